The summed E-state index contributed by atoms with van der Waals surface area (Å²) in [6.07, 6.45) is 7.91. The van der Waals surface area contributed by atoms with Crippen molar-refractivity contribution in [2.24, 2.45) is 4.40 Å². The molecule has 0 aliphatic carbocycles. The Bertz CT molecular complexity index is 1250. The molecule has 0 aliphatic heterocycles. The van der Waals surface area contributed by atoms with Crippen molar-refractivity contribution in [3.05, 3.63) is 61.3 Å². The highest BCUT2D eigenvalue weighted by Gasteiger charge is 2.15. The van der Waals surface area contributed by atoms with Gasteiger partial charge in [-0.15, -0.1) is 0 Å². The average molecular weight is 452 g/mol. The van der Waals surface area contributed by atoms with Crippen LogP contribution in [0.3, 0.4) is 0 Å². The molecule has 2 N–H and O–H groups in total. The Kier molecular flexibility index (Phi) is 6.28. The highest BCUT2D eigenvalue weighted by Crippen LogP contribution is 2.32. The molecule has 4 rings (SSSR count). The van der Waals surface area contributed by atoms with Crippen LogP contribution in [0, 0.1) is 0 Å². The summed E-state index contributed by atoms with van der Waals surface area (Å²) in [7, 11) is 1.65. The van der Waals surface area contributed by atoms with Crippen molar-refractivity contribution in [2.75, 3.05) is 12.4 Å². The fourth-order valence-corrected chi connectivity index (χ4v) is 3.97. The Balaban J connectivity index is 1.76. The molecular formula is C21H21N7OS2. The molecule has 158 valence electrons. The molecule has 0 atom stereocenters. The van der Waals surface area contributed by atoms with Crippen LogP contribution in [-0.2, 0) is 0 Å². The molecule has 0 fully saturated rings. The van der Waals surface area contributed by atoms with Crippen molar-refractivity contribution in [3.63, 3.8) is 0 Å². The Morgan fingerprint density at radius 3 is 3.00 bits per heavy atom. The van der Waals surface area contributed by atoms with E-state index >= 15 is 0 Å². The van der Waals surface area contributed by atoms with Gasteiger partial charge in [0.05, 0.1) is 25.2 Å². The maximum atomic E-state index is 5.34. The van der Waals surface area contributed by atoms with Gasteiger partial charge in [0.15, 0.2) is 11.5 Å². The van der Waals surface area contributed by atoms with Gasteiger partial charge >= 0.3 is 0 Å². The Morgan fingerprint density at radius 1 is 1.39 bits per heavy atom. The third kappa shape index (κ3) is 4.75. The molecule has 31 heavy (non-hydrogen) atoms. The number of methoxy groups -OCH3 is 1. The number of thiol groups is 1. The highest BCUT2D eigenvalue weighted by atomic mass is 32.2. The molecule has 3 heterocycles. The van der Waals surface area contributed by atoms with Crippen molar-refractivity contribution >= 4 is 41.8 Å². The zero-order valence-electron chi connectivity index (χ0n) is 17.0. The largest absolute Gasteiger partial charge is 0.497 e. The molecule has 10 heteroatoms. The van der Waals surface area contributed by atoms with E-state index in [4.69, 9.17) is 9.72 Å². The van der Waals surface area contributed by atoms with E-state index in [9.17, 15) is 0 Å². The smallest absolute Gasteiger partial charge is 0.181 e. The average Bonchev–Trinajstić information content (AvgIpc) is 3.43. The van der Waals surface area contributed by atoms with Gasteiger partial charge in [-0.2, -0.15) is 5.10 Å². The van der Waals surface area contributed by atoms with Crippen molar-refractivity contribution in [3.8, 4) is 17.0 Å². The zero-order valence-corrected chi connectivity index (χ0v) is 18.7. The van der Waals surface area contributed by atoms with Crippen molar-refractivity contribution < 1.29 is 4.74 Å². The van der Waals surface area contributed by atoms with Crippen LogP contribution in [-0.4, -0.2) is 37.4 Å². The summed E-state index contributed by atoms with van der Waals surface area (Å²) in [6.45, 7) is 5.99. The van der Waals surface area contributed by atoms with E-state index in [0.29, 0.717) is 17.9 Å². The first kappa shape index (κ1) is 21.0. The molecule has 0 spiro atoms. The molecule has 0 radical (unpaired) electrons. The lowest BCUT2D eigenvalue weighted by molar-refractivity contribution is 0.413. The van der Waals surface area contributed by atoms with Gasteiger partial charge in [-0.3, -0.25) is 9.50 Å². The van der Waals surface area contributed by atoms with E-state index in [1.165, 1.54) is 11.8 Å². The SMILES string of the molecule is C=C(C/C(C)=N\S)Nc1nc(Sc2cccc(OC)c2)cn2c(-c3cn[nH]c3)cnc12. The number of hydrogen-bond donors (Lipinski definition) is 3. The van der Waals surface area contributed by atoms with Crippen LogP contribution >= 0.6 is 24.6 Å². The molecular weight excluding hydrogens is 430 g/mol. The number of nitrogens with zero attached hydrogens (tertiary/aromatic N) is 5. The first-order valence-corrected chi connectivity index (χ1v) is 10.6. The second-order valence-electron chi connectivity index (χ2n) is 6.77. The van der Waals surface area contributed by atoms with E-state index in [1.54, 1.807) is 19.5 Å². The van der Waals surface area contributed by atoms with Gasteiger partial charge in [0, 0.05) is 40.7 Å². The number of anilines is 1. The predicted molar refractivity (Wildman–Crippen MR) is 127 cm³/mol. The van der Waals surface area contributed by atoms with Crippen molar-refractivity contribution in [1.82, 2.24) is 24.6 Å². The predicted octanol–water partition coefficient (Wildman–Crippen LogP) is 4.90. The van der Waals surface area contributed by atoms with E-state index in [2.05, 4.69) is 44.3 Å². The van der Waals surface area contributed by atoms with Gasteiger partial charge in [0.25, 0.3) is 0 Å². The number of nitrogens with one attached hydrogen (secondary N) is 2. The maximum Gasteiger partial charge on any atom is 0.181 e. The number of ether oxygens (including phenoxy) is 1. The minimum absolute atomic E-state index is 0.555. The molecule has 0 aliphatic rings. The van der Waals surface area contributed by atoms with Gasteiger partial charge in [-0.1, -0.05) is 24.4 Å². The molecule has 0 saturated heterocycles. The molecule has 0 amide bonds. The minimum atomic E-state index is 0.555. The molecule has 0 bridgehead atoms. The van der Waals surface area contributed by atoms with Gasteiger partial charge in [0.1, 0.15) is 10.8 Å². The van der Waals surface area contributed by atoms with Crippen LogP contribution < -0.4 is 10.1 Å². The first-order chi connectivity index (χ1) is 15.1. The molecule has 1 aromatic carbocycles. The summed E-state index contributed by atoms with van der Waals surface area (Å²) in [6, 6.07) is 7.85. The van der Waals surface area contributed by atoms with E-state index in [-0.39, 0.29) is 0 Å². The number of rotatable bonds is 8. The van der Waals surface area contributed by atoms with Crippen LogP contribution in [0.15, 0.2) is 75.6 Å². The number of H-pyrrole nitrogens is 1. The lowest BCUT2D eigenvalue weighted by Crippen LogP contribution is -2.07. The quantitative estimate of drug-likeness (QED) is 0.261. The van der Waals surface area contributed by atoms with Crippen LogP contribution in [0.2, 0.25) is 0 Å². The standard InChI is InChI=1S/C21H21N7OS2/c1-13(7-14(2)27-30)25-20-21-22-11-18(15-9-23-24-10-15)28(21)12-19(26-20)31-17-6-4-5-16(8-17)29-3/h4-6,8-12,30H,1,7H2,2-3H3,(H,23,24)(H,25,26)/b27-14-. The monoisotopic (exact) mass is 451 g/mol. The van der Waals surface area contributed by atoms with Crippen LogP contribution in [0.4, 0.5) is 5.82 Å². The summed E-state index contributed by atoms with van der Waals surface area (Å²) >= 11 is 5.50. The van der Waals surface area contributed by atoms with Gasteiger partial charge < -0.3 is 10.1 Å². The van der Waals surface area contributed by atoms with Crippen molar-refractivity contribution in [1.29, 1.82) is 0 Å². The zero-order chi connectivity index (χ0) is 21.8. The van der Waals surface area contributed by atoms with E-state index in [0.717, 1.165) is 38.3 Å². The number of benzene rings is 1. The number of aromatic nitrogens is 5. The van der Waals surface area contributed by atoms with Gasteiger partial charge in [-0.25, -0.2) is 14.4 Å². The summed E-state index contributed by atoms with van der Waals surface area (Å²) in [5.74, 6) is 1.40. The fourth-order valence-electron chi connectivity index (χ4n) is 3.05. The lowest BCUT2D eigenvalue weighted by Gasteiger charge is -2.12. The van der Waals surface area contributed by atoms with Crippen LogP contribution in [0.25, 0.3) is 16.9 Å². The number of allylic oxidation sites excluding steroid dienone is 1. The van der Waals surface area contributed by atoms with Crippen LogP contribution in [0.1, 0.15) is 13.3 Å². The van der Waals surface area contributed by atoms with Crippen LogP contribution in [0.5, 0.6) is 5.75 Å². The number of fused-ring (bicyclic) bond motifs is 1. The normalized spacial score (nSPS) is 11.6. The number of aromatic amines is 1. The fraction of sp³-hybridized carbons (Fsp3) is 0.143. The van der Waals surface area contributed by atoms with E-state index < -0.39 is 0 Å². The lowest BCUT2D eigenvalue weighted by atomic mass is 10.2. The Labute approximate surface area is 189 Å². The Morgan fingerprint density at radius 2 is 2.26 bits per heavy atom. The van der Waals surface area contributed by atoms with E-state index in [1.807, 2.05) is 48.0 Å². The van der Waals surface area contributed by atoms with Crippen molar-refractivity contribution in [2.45, 2.75) is 23.3 Å². The highest BCUT2D eigenvalue weighted by molar-refractivity contribution is 7.99. The van der Waals surface area contributed by atoms with Gasteiger partial charge in [-0.05, 0) is 37.9 Å². The molecule has 4 aromatic rings. The minimum Gasteiger partial charge on any atom is -0.497 e. The summed E-state index contributed by atoms with van der Waals surface area (Å²) in [5, 5.41) is 11.0. The molecule has 0 saturated carbocycles. The number of imidazole rings is 1. The second-order valence-corrected chi connectivity index (χ2v) is 8.07. The maximum absolute atomic E-state index is 5.34. The summed E-state index contributed by atoms with van der Waals surface area (Å²) in [4.78, 5) is 10.4. The number of hydrogen-bond acceptors (Lipinski definition) is 8. The van der Waals surface area contributed by atoms with Gasteiger partial charge in [0.2, 0.25) is 0 Å². The molecule has 0 unspecified atom stereocenters. The second kappa shape index (κ2) is 9.27. The topological polar surface area (TPSA) is 92.5 Å². The summed E-state index contributed by atoms with van der Waals surface area (Å²) < 4.78 is 11.2. The Hall–Kier alpha value is -3.24. The summed E-state index contributed by atoms with van der Waals surface area (Å²) in [5.41, 5.74) is 4.12. The third-order valence-electron chi connectivity index (χ3n) is 4.46. The molecule has 8 nitrogen and oxygen atoms in total. The molecule has 3 aromatic heterocycles. The first-order valence-electron chi connectivity index (χ1n) is 9.39. The third-order valence-corrected chi connectivity index (χ3v) is 5.70.